The summed E-state index contributed by atoms with van der Waals surface area (Å²) in [5.41, 5.74) is 0.965. The normalized spacial score (nSPS) is 10.5. The number of hydrogen-bond acceptors (Lipinski definition) is 3. The molecule has 6 heteroatoms. The Hall–Kier alpha value is -0.780. The number of H-pyrrole nitrogens is 1. The minimum absolute atomic E-state index is 0.168. The van der Waals surface area contributed by atoms with E-state index >= 15 is 0 Å². The van der Waals surface area contributed by atoms with Crippen LogP contribution in [0, 0.1) is 0 Å². The van der Waals surface area contributed by atoms with E-state index in [-0.39, 0.29) is 5.56 Å². The fourth-order valence-electron chi connectivity index (χ4n) is 1.20. The Labute approximate surface area is 116 Å². The zero-order valence-corrected chi connectivity index (χ0v) is 11.8. The highest BCUT2D eigenvalue weighted by molar-refractivity contribution is 9.10. The second kappa shape index (κ2) is 5.71. The Morgan fingerprint density at radius 1 is 1.35 bits per heavy atom. The molecule has 0 unspecified atom stereocenters. The van der Waals surface area contributed by atoms with Gasteiger partial charge in [0.2, 0.25) is 0 Å². The first kappa shape index (κ1) is 12.7. The van der Waals surface area contributed by atoms with Gasteiger partial charge in [-0.2, -0.15) is 0 Å². The van der Waals surface area contributed by atoms with Crippen molar-refractivity contribution in [3.8, 4) is 0 Å². The number of halogens is 2. The van der Waals surface area contributed by atoms with Crippen molar-refractivity contribution >= 4 is 39.3 Å². The van der Waals surface area contributed by atoms with E-state index in [0.29, 0.717) is 14.5 Å². The zero-order valence-electron chi connectivity index (χ0n) is 8.61. The fourth-order valence-corrected chi connectivity index (χ4v) is 2.73. The lowest BCUT2D eigenvalue weighted by Crippen LogP contribution is -2.07. The quantitative estimate of drug-likeness (QED) is 0.692. The average molecular weight is 332 g/mol. The summed E-state index contributed by atoms with van der Waals surface area (Å²) in [4.78, 5) is 17.9. The van der Waals surface area contributed by atoms with Crippen LogP contribution < -0.4 is 5.56 Å². The molecule has 0 spiro atoms. The van der Waals surface area contributed by atoms with Crippen molar-refractivity contribution < 1.29 is 0 Å². The summed E-state index contributed by atoms with van der Waals surface area (Å²) < 4.78 is 0.471. The summed E-state index contributed by atoms with van der Waals surface area (Å²) in [7, 11) is 0. The largest absolute Gasteiger partial charge is 0.312 e. The van der Waals surface area contributed by atoms with Gasteiger partial charge in [0.05, 0.1) is 6.33 Å². The van der Waals surface area contributed by atoms with Crippen molar-refractivity contribution in [2.75, 3.05) is 0 Å². The summed E-state index contributed by atoms with van der Waals surface area (Å²) in [6.07, 6.45) is 1.40. The fraction of sp³-hybridized carbons (Fsp3) is 0.0909. The predicted octanol–water partition coefficient (Wildman–Crippen LogP) is 3.48. The third-order valence-electron chi connectivity index (χ3n) is 2.05. The van der Waals surface area contributed by atoms with E-state index in [1.807, 2.05) is 24.3 Å². The van der Waals surface area contributed by atoms with Gasteiger partial charge in [0, 0.05) is 10.8 Å². The number of hydrogen-bond donors (Lipinski definition) is 1. The molecule has 3 nitrogen and oxygen atoms in total. The third-order valence-corrected chi connectivity index (χ3v) is 4.36. The van der Waals surface area contributed by atoms with Gasteiger partial charge in [0.25, 0.3) is 5.56 Å². The van der Waals surface area contributed by atoms with Gasteiger partial charge in [-0.1, -0.05) is 23.7 Å². The van der Waals surface area contributed by atoms with E-state index in [4.69, 9.17) is 11.6 Å². The van der Waals surface area contributed by atoms with Crippen LogP contribution in [-0.4, -0.2) is 9.97 Å². The minimum Gasteiger partial charge on any atom is -0.312 e. The third kappa shape index (κ3) is 3.34. The second-order valence-electron chi connectivity index (χ2n) is 3.27. The molecular formula is C11H8BrClN2OS. The molecule has 2 rings (SSSR count). The molecule has 0 fully saturated rings. The van der Waals surface area contributed by atoms with Crippen LogP contribution in [0.5, 0.6) is 0 Å². The van der Waals surface area contributed by atoms with Crippen LogP contribution >= 0.6 is 39.3 Å². The SMILES string of the molecule is O=c1[nH]cnc(SCc2ccc(Cl)cc2)c1Br. The number of rotatable bonds is 3. The maximum Gasteiger partial charge on any atom is 0.266 e. The smallest absolute Gasteiger partial charge is 0.266 e. The van der Waals surface area contributed by atoms with Gasteiger partial charge in [0.15, 0.2) is 0 Å². The Bertz CT molecular complexity index is 570. The molecule has 0 bridgehead atoms. The Kier molecular flexibility index (Phi) is 4.25. The van der Waals surface area contributed by atoms with Crippen LogP contribution in [0.25, 0.3) is 0 Å². The first-order valence-electron chi connectivity index (χ1n) is 4.77. The van der Waals surface area contributed by atoms with E-state index < -0.39 is 0 Å². The standard InChI is InChI=1S/C11H8BrClN2OS/c12-9-10(16)14-6-15-11(9)17-5-7-1-3-8(13)4-2-7/h1-4,6H,5H2,(H,14,15,16). The van der Waals surface area contributed by atoms with Crippen molar-refractivity contribution in [3.05, 3.63) is 56.0 Å². The lowest BCUT2D eigenvalue weighted by Gasteiger charge is -2.02. The van der Waals surface area contributed by atoms with Gasteiger partial charge in [-0.3, -0.25) is 4.79 Å². The molecule has 0 aliphatic rings. The number of aromatic nitrogens is 2. The van der Waals surface area contributed by atoms with Crippen LogP contribution in [-0.2, 0) is 5.75 Å². The van der Waals surface area contributed by atoms with Gasteiger partial charge in [0.1, 0.15) is 9.50 Å². The number of nitrogens with zero attached hydrogens (tertiary/aromatic N) is 1. The summed E-state index contributed by atoms with van der Waals surface area (Å²) in [6, 6.07) is 7.60. The van der Waals surface area contributed by atoms with Gasteiger partial charge in [-0.25, -0.2) is 4.98 Å². The van der Waals surface area contributed by atoms with E-state index in [1.165, 1.54) is 18.1 Å². The molecule has 88 valence electrons. The van der Waals surface area contributed by atoms with Crippen molar-refractivity contribution in [2.45, 2.75) is 10.8 Å². The molecule has 0 aliphatic carbocycles. The molecule has 1 heterocycles. The van der Waals surface area contributed by atoms with Crippen molar-refractivity contribution in [1.29, 1.82) is 0 Å². The van der Waals surface area contributed by atoms with Crippen LogP contribution in [0.4, 0.5) is 0 Å². The Morgan fingerprint density at radius 3 is 2.76 bits per heavy atom. The minimum atomic E-state index is -0.168. The Balaban J connectivity index is 2.10. The second-order valence-corrected chi connectivity index (χ2v) is 5.46. The van der Waals surface area contributed by atoms with Gasteiger partial charge >= 0.3 is 0 Å². The molecule has 1 aromatic carbocycles. The molecule has 0 radical (unpaired) electrons. The van der Waals surface area contributed by atoms with Crippen LogP contribution in [0.15, 0.2) is 44.9 Å². The predicted molar refractivity (Wildman–Crippen MR) is 73.6 cm³/mol. The van der Waals surface area contributed by atoms with E-state index in [9.17, 15) is 4.79 Å². The molecular weight excluding hydrogens is 324 g/mol. The van der Waals surface area contributed by atoms with E-state index in [2.05, 4.69) is 25.9 Å². The molecule has 0 atom stereocenters. The molecule has 0 amide bonds. The van der Waals surface area contributed by atoms with Gasteiger partial charge in [-0.15, -0.1) is 11.8 Å². The molecule has 0 saturated carbocycles. The highest BCUT2D eigenvalue weighted by atomic mass is 79.9. The summed E-state index contributed by atoms with van der Waals surface area (Å²) in [5, 5.41) is 1.40. The summed E-state index contributed by atoms with van der Waals surface area (Å²) in [6.45, 7) is 0. The van der Waals surface area contributed by atoms with Crippen LogP contribution in [0.2, 0.25) is 5.02 Å². The first-order valence-corrected chi connectivity index (χ1v) is 6.93. The number of nitrogens with one attached hydrogen (secondary N) is 1. The lowest BCUT2D eigenvalue weighted by molar-refractivity contribution is 0.990. The van der Waals surface area contributed by atoms with Crippen molar-refractivity contribution in [3.63, 3.8) is 0 Å². The van der Waals surface area contributed by atoms with Gasteiger partial charge in [-0.05, 0) is 33.6 Å². The molecule has 1 aromatic heterocycles. The van der Waals surface area contributed by atoms with Crippen LogP contribution in [0.3, 0.4) is 0 Å². The highest BCUT2D eigenvalue weighted by Crippen LogP contribution is 2.25. The van der Waals surface area contributed by atoms with Crippen molar-refractivity contribution in [1.82, 2.24) is 9.97 Å². The topological polar surface area (TPSA) is 45.8 Å². The molecule has 0 saturated heterocycles. The van der Waals surface area contributed by atoms with Crippen LogP contribution in [0.1, 0.15) is 5.56 Å². The summed E-state index contributed by atoms with van der Waals surface area (Å²) >= 11 is 10.5. The monoisotopic (exact) mass is 330 g/mol. The maximum atomic E-state index is 11.3. The molecule has 2 aromatic rings. The summed E-state index contributed by atoms with van der Waals surface area (Å²) in [5.74, 6) is 0.742. The number of aromatic amines is 1. The average Bonchev–Trinajstić information content (AvgIpc) is 2.33. The zero-order chi connectivity index (χ0) is 12.3. The number of benzene rings is 1. The molecule has 1 N–H and O–H groups in total. The van der Waals surface area contributed by atoms with Gasteiger partial charge < -0.3 is 4.98 Å². The first-order chi connectivity index (χ1) is 8.16. The maximum absolute atomic E-state index is 11.3. The molecule has 17 heavy (non-hydrogen) atoms. The number of thioether (sulfide) groups is 1. The highest BCUT2D eigenvalue weighted by Gasteiger charge is 2.05. The molecule has 0 aliphatic heterocycles. The van der Waals surface area contributed by atoms with E-state index in [1.54, 1.807) is 0 Å². The van der Waals surface area contributed by atoms with Crippen molar-refractivity contribution in [2.24, 2.45) is 0 Å². The Morgan fingerprint density at radius 2 is 2.06 bits per heavy atom. The van der Waals surface area contributed by atoms with E-state index in [0.717, 1.165) is 11.3 Å². The lowest BCUT2D eigenvalue weighted by atomic mass is 10.2.